The summed E-state index contributed by atoms with van der Waals surface area (Å²) in [6.07, 6.45) is 1.23. The van der Waals surface area contributed by atoms with Crippen LogP contribution >= 0.6 is 7.11 Å². The maximum absolute atomic E-state index is 12.1. The first-order valence-electron chi connectivity index (χ1n) is 6.76. The van der Waals surface area contributed by atoms with Crippen LogP contribution in [0.15, 0.2) is 0 Å². The summed E-state index contributed by atoms with van der Waals surface area (Å²) in [4.78, 5) is 24.2. The van der Waals surface area contributed by atoms with Crippen molar-refractivity contribution in [2.45, 2.75) is 34.6 Å². The van der Waals surface area contributed by atoms with Crippen LogP contribution < -0.4 is 0 Å². The molecule has 0 radical (unpaired) electrons. The number of rotatable bonds is 8. The fraction of sp³-hybridized carbons (Fsp3) is 0.769. The van der Waals surface area contributed by atoms with Crippen LogP contribution in [-0.4, -0.2) is 49.4 Å². The molecule has 0 aliphatic heterocycles. The molecule has 0 atom stereocenters. The van der Waals surface area contributed by atoms with Crippen molar-refractivity contribution in [3.05, 3.63) is 0 Å². The van der Waals surface area contributed by atoms with Crippen molar-refractivity contribution in [3.8, 4) is 0 Å². The van der Waals surface area contributed by atoms with Crippen LogP contribution in [0.2, 0.25) is 0 Å². The Balaban J connectivity index is 5.84. The monoisotopic (exact) mass is 292 g/mol. The second-order valence-electron chi connectivity index (χ2n) is 3.73. The van der Waals surface area contributed by atoms with Gasteiger partial charge in [0.2, 0.25) is 0 Å². The zero-order valence-electron chi connectivity index (χ0n) is 12.5. The highest BCUT2D eigenvalue weighted by Gasteiger charge is 2.33. The van der Waals surface area contributed by atoms with Crippen molar-refractivity contribution in [2.24, 2.45) is 0 Å². The van der Waals surface area contributed by atoms with E-state index in [9.17, 15) is 9.59 Å². The largest absolute Gasteiger partial charge is 0.462 e. The van der Waals surface area contributed by atoms with E-state index in [0.717, 1.165) is 0 Å². The van der Waals surface area contributed by atoms with Crippen LogP contribution in [-0.2, 0) is 23.6 Å². The molecule has 112 valence electrons. The summed E-state index contributed by atoms with van der Waals surface area (Å²) in [5.41, 5.74) is 0. The van der Waals surface area contributed by atoms with Gasteiger partial charge in [-0.2, -0.15) is 0 Å². The second-order valence-corrected chi connectivity index (χ2v) is 7.48. The summed E-state index contributed by atoms with van der Waals surface area (Å²) < 4.78 is 15.8. The van der Waals surface area contributed by atoms with Crippen molar-refractivity contribution in [3.63, 3.8) is 0 Å². The lowest BCUT2D eigenvalue weighted by molar-refractivity contribution is -0.140. The first-order chi connectivity index (χ1) is 9.02. The average molecular weight is 292 g/mol. The Kier molecular flexibility index (Phi) is 8.77. The summed E-state index contributed by atoms with van der Waals surface area (Å²) in [6.45, 7) is 10.0. The Morgan fingerprint density at radius 2 is 1.21 bits per heavy atom. The third kappa shape index (κ3) is 4.66. The quantitative estimate of drug-likeness (QED) is 0.390. The average Bonchev–Trinajstić information content (AvgIpc) is 2.38. The van der Waals surface area contributed by atoms with Crippen LogP contribution in [0.5, 0.6) is 0 Å². The molecule has 0 heterocycles. The second kappa shape index (κ2) is 9.16. The van der Waals surface area contributed by atoms with Gasteiger partial charge in [0.25, 0.3) is 0 Å². The summed E-state index contributed by atoms with van der Waals surface area (Å²) in [5, 5.41) is 0.0723. The molecule has 0 rings (SSSR count). The Labute approximate surface area is 115 Å². The number of hydrogen-bond donors (Lipinski definition) is 0. The third-order valence-corrected chi connectivity index (χ3v) is 6.72. The van der Waals surface area contributed by atoms with E-state index in [1.807, 2.05) is 20.8 Å². The van der Waals surface area contributed by atoms with Gasteiger partial charge in [0.1, 0.15) is 0 Å². The van der Waals surface area contributed by atoms with Gasteiger partial charge in [0, 0.05) is 13.7 Å². The minimum absolute atomic E-state index is 0.0723. The minimum Gasteiger partial charge on any atom is -0.462 e. The molecule has 0 unspecified atom stereocenters. The lowest BCUT2D eigenvalue weighted by Gasteiger charge is -2.26. The predicted molar refractivity (Wildman–Crippen MR) is 77.9 cm³/mol. The molecule has 0 aromatic rings. The third-order valence-electron chi connectivity index (χ3n) is 2.74. The molecule has 19 heavy (non-hydrogen) atoms. The summed E-state index contributed by atoms with van der Waals surface area (Å²) in [6, 6.07) is 0. The number of hydrogen-bond acceptors (Lipinski definition) is 5. The normalized spacial score (nSPS) is 11.0. The smallest absolute Gasteiger partial charge is 0.347 e. The van der Waals surface area contributed by atoms with E-state index in [4.69, 9.17) is 14.0 Å². The molecule has 0 N–H and O–H groups in total. The van der Waals surface area contributed by atoms with Crippen LogP contribution in [0.1, 0.15) is 34.6 Å². The van der Waals surface area contributed by atoms with Gasteiger partial charge in [-0.1, -0.05) is 13.8 Å². The van der Waals surface area contributed by atoms with Crippen LogP contribution in [0, 0.1) is 0 Å². The zero-order valence-corrected chi connectivity index (χ0v) is 13.4. The van der Waals surface area contributed by atoms with Gasteiger partial charge in [0.15, 0.2) is 5.29 Å². The SMILES string of the molecule is CCOC(=O)C(C(=O)OCC)=P(CC)(CC)OCC. The van der Waals surface area contributed by atoms with Crippen molar-refractivity contribution in [2.75, 3.05) is 32.1 Å². The van der Waals surface area contributed by atoms with E-state index in [0.29, 0.717) is 18.9 Å². The van der Waals surface area contributed by atoms with Gasteiger partial charge in [-0.25, -0.2) is 9.59 Å². The zero-order chi connectivity index (χ0) is 14.9. The maximum atomic E-state index is 12.1. The maximum Gasteiger partial charge on any atom is 0.347 e. The van der Waals surface area contributed by atoms with Gasteiger partial charge in [-0.05, 0) is 33.1 Å². The number of ether oxygens (including phenoxy) is 2. The molecular weight excluding hydrogens is 267 g/mol. The highest BCUT2D eigenvalue weighted by molar-refractivity contribution is 7.75. The number of carbonyl (C=O) groups is 2. The van der Waals surface area contributed by atoms with Gasteiger partial charge in [-0.3, -0.25) is 0 Å². The Morgan fingerprint density at radius 3 is 1.47 bits per heavy atom. The molecule has 0 aliphatic rings. The van der Waals surface area contributed by atoms with E-state index >= 15 is 0 Å². The lowest BCUT2D eigenvalue weighted by Crippen LogP contribution is -2.31. The highest BCUT2D eigenvalue weighted by Crippen LogP contribution is 2.50. The fourth-order valence-electron chi connectivity index (χ4n) is 1.85. The van der Waals surface area contributed by atoms with Gasteiger partial charge in [-0.15, -0.1) is 0 Å². The van der Waals surface area contributed by atoms with Crippen molar-refractivity contribution in [1.82, 2.24) is 0 Å². The first-order valence-corrected chi connectivity index (χ1v) is 8.83. The van der Waals surface area contributed by atoms with E-state index in [1.165, 1.54) is 0 Å². The van der Waals surface area contributed by atoms with Crippen LogP contribution in [0.3, 0.4) is 0 Å². The number of esters is 2. The van der Waals surface area contributed by atoms with Crippen LogP contribution in [0.4, 0.5) is 0 Å². The molecule has 0 aromatic carbocycles. The fourth-order valence-corrected chi connectivity index (χ4v) is 4.71. The summed E-state index contributed by atoms with van der Waals surface area (Å²) in [7, 11) is -2.27. The van der Waals surface area contributed by atoms with Gasteiger partial charge in [0.05, 0.1) is 13.2 Å². The molecule has 0 amide bonds. The van der Waals surface area contributed by atoms with E-state index in [2.05, 4.69) is 0 Å². The molecular formula is C13H25O5P. The summed E-state index contributed by atoms with van der Waals surface area (Å²) in [5.74, 6) is -1.21. The topological polar surface area (TPSA) is 61.8 Å². The molecule has 5 nitrogen and oxygen atoms in total. The molecule has 0 aliphatic carbocycles. The molecule has 6 heteroatoms. The van der Waals surface area contributed by atoms with E-state index in [-0.39, 0.29) is 18.5 Å². The first kappa shape index (κ1) is 18.2. The van der Waals surface area contributed by atoms with Gasteiger partial charge < -0.3 is 14.0 Å². The molecule has 0 spiro atoms. The number of carbonyl (C=O) groups excluding carboxylic acids is 2. The molecule has 0 saturated heterocycles. The van der Waals surface area contributed by atoms with E-state index < -0.39 is 19.1 Å². The summed E-state index contributed by atoms with van der Waals surface area (Å²) >= 11 is 0. The Morgan fingerprint density at radius 1 is 0.789 bits per heavy atom. The Bertz CT molecular complexity index is 334. The molecule has 0 bridgehead atoms. The van der Waals surface area contributed by atoms with Crippen molar-refractivity contribution >= 4 is 24.3 Å². The lowest BCUT2D eigenvalue weighted by atomic mass is 10.4. The highest BCUT2D eigenvalue weighted by atomic mass is 31.2. The predicted octanol–water partition coefficient (Wildman–Crippen LogP) is 2.29. The Hall–Kier alpha value is -0.800. The molecule has 0 aromatic heterocycles. The van der Waals surface area contributed by atoms with Crippen molar-refractivity contribution in [1.29, 1.82) is 0 Å². The molecule has 0 saturated carbocycles. The molecule has 0 fully saturated rings. The van der Waals surface area contributed by atoms with E-state index in [1.54, 1.807) is 13.8 Å². The van der Waals surface area contributed by atoms with Crippen molar-refractivity contribution < 1.29 is 23.6 Å². The standard InChI is InChI=1S/C13H25O5P/c1-6-16-12(14)11(13(15)17-7-2)19(9-4,10-5)18-8-3/h6-10H2,1-5H3. The van der Waals surface area contributed by atoms with Crippen LogP contribution in [0.25, 0.3) is 0 Å². The van der Waals surface area contributed by atoms with Gasteiger partial charge >= 0.3 is 11.9 Å². The minimum atomic E-state index is -2.27.